The molecular formula is C14H25N3O. The van der Waals surface area contributed by atoms with Crippen LogP contribution in [0.5, 0.6) is 0 Å². The number of amides is 1. The number of carbonyl (C=O) groups excluding carboxylic acids is 1. The van der Waals surface area contributed by atoms with Gasteiger partial charge in [0, 0.05) is 19.0 Å². The largest absolute Gasteiger partial charge is 0.387 e. The maximum Gasteiger partial charge on any atom is 0.247 e. The lowest BCUT2D eigenvalue weighted by molar-refractivity contribution is -0.133. The molecule has 1 aliphatic heterocycles. The third kappa shape index (κ3) is 3.24. The summed E-state index contributed by atoms with van der Waals surface area (Å²) in [5, 5.41) is 0. The summed E-state index contributed by atoms with van der Waals surface area (Å²) in [6.45, 7) is 3.66. The number of aliphatic imine (C=N–C) groups is 1. The molecule has 0 bridgehead atoms. The number of carbonyl (C=O) groups is 1. The Hall–Kier alpha value is -1.06. The van der Waals surface area contributed by atoms with Crippen molar-refractivity contribution in [3.63, 3.8) is 0 Å². The summed E-state index contributed by atoms with van der Waals surface area (Å²) in [5.74, 6) is 1.27. The lowest BCUT2D eigenvalue weighted by atomic mass is 10.1. The van der Waals surface area contributed by atoms with Crippen LogP contribution in [0.2, 0.25) is 0 Å². The molecule has 4 nitrogen and oxygen atoms in total. The van der Waals surface area contributed by atoms with Gasteiger partial charge in [-0.15, -0.1) is 0 Å². The van der Waals surface area contributed by atoms with Gasteiger partial charge in [0.25, 0.3) is 0 Å². The molecule has 0 spiro atoms. The molecule has 1 aliphatic carbocycles. The fraction of sp³-hybridized carbons (Fsp3) is 0.857. The molecule has 0 aromatic rings. The van der Waals surface area contributed by atoms with Crippen LogP contribution in [0, 0.1) is 5.92 Å². The average molecular weight is 251 g/mol. The van der Waals surface area contributed by atoms with E-state index < -0.39 is 0 Å². The maximum absolute atomic E-state index is 12.2. The number of hydrogen-bond donors (Lipinski definition) is 1. The van der Waals surface area contributed by atoms with E-state index in [9.17, 15) is 4.79 Å². The Labute approximate surface area is 110 Å². The maximum atomic E-state index is 12.2. The van der Waals surface area contributed by atoms with Gasteiger partial charge in [-0.25, -0.2) is 0 Å². The highest BCUT2D eigenvalue weighted by atomic mass is 16.2. The average Bonchev–Trinajstić information content (AvgIpc) is 2.92. The molecule has 18 heavy (non-hydrogen) atoms. The molecule has 1 saturated heterocycles. The molecule has 4 heteroatoms. The molecule has 2 aliphatic rings. The highest BCUT2D eigenvalue weighted by Gasteiger charge is 2.24. The van der Waals surface area contributed by atoms with Gasteiger partial charge in [0.15, 0.2) is 0 Å². The Bertz CT molecular complexity index is 315. The molecule has 2 rings (SSSR count). The monoisotopic (exact) mass is 251 g/mol. The van der Waals surface area contributed by atoms with Crippen molar-refractivity contribution < 1.29 is 4.79 Å². The molecular weight excluding hydrogens is 226 g/mol. The Morgan fingerprint density at radius 2 is 1.78 bits per heavy atom. The van der Waals surface area contributed by atoms with Crippen molar-refractivity contribution in [3.8, 4) is 0 Å². The summed E-state index contributed by atoms with van der Waals surface area (Å²) in [7, 11) is 0. The van der Waals surface area contributed by atoms with Crippen LogP contribution in [0.3, 0.4) is 0 Å². The van der Waals surface area contributed by atoms with Crippen molar-refractivity contribution in [2.45, 2.75) is 57.9 Å². The number of hydrogen-bond acceptors (Lipinski definition) is 2. The Kier molecular flexibility index (Phi) is 4.61. The second-order valence-corrected chi connectivity index (χ2v) is 5.60. The van der Waals surface area contributed by atoms with Crippen LogP contribution in [0.4, 0.5) is 0 Å². The number of nitrogens with zero attached hydrogens (tertiary/aromatic N) is 2. The third-order valence-corrected chi connectivity index (χ3v) is 4.14. The van der Waals surface area contributed by atoms with Gasteiger partial charge >= 0.3 is 0 Å². The molecule has 1 unspecified atom stereocenters. The van der Waals surface area contributed by atoms with Crippen molar-refractivity contribution in [1.29, 1.82) is 0 Å². The first kappa shape index (κ1) is 13.4. The van der Waals surface area contributed by atoms with Gasteiger partial charge in [0.1, 0.15) is 6.04 Å². The first-order chi connectivity index (χ1) is 8.68. The zero-order chi connectivity index (χ0) is 13.0. The highest BCUT2D eigenvalue weighted by Crippen LogP contribution is 2.25. The van der Waals surface area contributed by atoms with E-state index in [0.717, 1.165) is 38.8 Å². The van der Waals surface area contributed by atoms with Gasteiger partial charge < -0.3 is 10.6 Å². The minimum Gasteiger partial charge on any atom is -0.387 e. The minimum absolute atomic E-state index is 0.149. The number of nitrogens with two attached hydrogens (primary N) is 1. The van der Waals surface area contributed by atoms with E-state index in [1.54, 1.807) is 0 Å². The molecule has 102 valence electrons. The zero-order valence-electron chi connectivity index (χ0n) is 11.4. The van der Waals surface area contributed by atoms with E-state index in [2.05, 4.69) is 4.99 Å². The minimum atomic E-state index is -0.302. The van der Waals surface area contributed by atoms with Gasteiger partial charge in [-0.3, -0.25) is 9.79 Å². The standard InChI is InChI=1S/C14H25N3O/c1-11(14(18)17-9-5-2-6-10-17)16-13(15)12-7-3-4-8-12/h11-12H,2-10H2,1H3,(H2,15,16). The molecule has 1 amide bonds. The van der Waals surface area contributed by atoms with Gasteiger partial charge in [0.2, 0.25) is 5.91 Å². The van der Waals surface area contributed by atoms with Crippen molar-refractivity contribution in [2.24, 2.45) is 16.6 Å². The van der Waals surface area contributed by atoms with Crippen LogP contribution in [0.15, 0.2) is 4.99 Å². The normalized spacial score (nSPS) is 24.3. The predicted octanol–water partition coefficient (Wildman–Crippen LogP) is 1.93. The summed E-state index contributed by atoms with van der Waals surface area (Å²) >= 11 is 0. The molecule has 0 aromatic carbocycles. The second-order valence-electron chi connectivity index (χ2n) is 5.60. The van der Waals surface area contributed by atoms with E-state index in [1.165, 1.54) is 19.3 Å². The smallest absolute Gasteiger partial charge is 0.247 e. The van der Waals surface area contributed by atoms with Crippen LogP contribution >= 0.6 is 0 Å². The Balaban J connectivity index is 1.90. The topological polar surface area (TPSA) is 58.7 Å². The predicted molar refractivity (Wildman–Crippen MR) is 73.5 cm³/mol. The third-order valence-electron chi connectivity index (χ3n) is 4.14. The first-order valence-electron chi connectivity index (χ1n) is 7.30. The summed E-state index contributed by atoms with van der Waals surface area (Å²) in [6, 6.07) is -0.302. The van der Waals surface area contributed by atoms with Crippen LogP contribution in [0.25, 0.3) is 0 Å². The van der Waals surface area contributed by atoms with Gasteiger partial charge in [-0.1, -0.05) is 12.8 Å². The molecule has 2 N–H and O–H groups in total. The van der Waals surface area contributed by atoms with Crippen LogP contribution < -0.4 is 5.73 Å². The van der Waals surface area contributed by atoms with Gasteiger partial charge in [0.05, 0.1) is 5.84 Å². The molecule has 1 saturated carbocycles. The van der Waals surface area contributed by atoms with E-state index in [0.29, 0.717) is 11.8 Å². The Morgan fingerprint density at radius 1 is 1.17 bits per heavy atom. The van der Waals surface area contributed by atoms with Crippen molar-refractivity contribution in [2.75, 3.05) is 13.1 Å². The number of likely N-dealkylation sites (tertiary alicyclic amines) is 1. The molecule has 1 atom stereocenters. The summed E-state index contributed by atoms with van der Waals surface area (Å²) in [4.78, 5) is 18.6. The lowest BCUT2D eigenvalue weighted by Gasteiger charge is -2.28. The van der Waals surface area contributed by atoms with Crippen molar-refractivity contribution in [3.05, 3.63) is 0 Å². The van der Waals surface area contributed by atoms with E-state index >= 15 is 0 Å². The van der Waals surface area contributed by atoms with Crippen molar-refractivity contribution >= 4 is 11.7 Å². The fourth-order valence-electron chi connectivity index (χ4n) is 2.98. The van der Waals surface area contributed by atoms with Crippen molar-refractivity contribution in [1.82, 2.24) is 4.90 Å². The molecule has 2 fully saturated rings. The summed E-state index contributed by atoms with van der Waals surface area (Å²) in [6.07, 6.45) is 8.26. The Morgan fingerprint density at radius 3 is 2.39 bits per heavy atom. The van der Waals surface area contributed by atoms with Crippen LogP contribution in [0.1, 0.15) is 51.9 Å². The van der Waals surface area contributed by atoms with Gasteiger partial charge in [-0.05, 0) is 39.0 Å². The van der Waals surface area contributed by atoms with E-state index in [4.69, 9.17) is 5.73 Å². The zero-order valence-corrected chi connectivity index (χ0v) is 11.4. The van der Waals surface area contributed by atoms with E-state index in [1.807, 2.05) is 11.8 Å². The SMILES string of the molecule is CC(N=C(N)C1CCCC1)C(=O)N1CCCCC1. The number of rotatable bonds is 3. The number of piperidine rings is 1. The summed E-state index contributed by atoms with van der Waals surface area (Å²) < 4.78 is 0. The van der Waals surface area contributed by atoms with Gasteiger partial charge in [-0.2, -0.15) is 0 Å². The van der Waals surface area contributed by atoms with Crippen LogP contribution in [-0.4, -0.2) is 35.8 Å². The summed E-state index contributed by atoms with van der Waals surface area (Å²) in [5.41, 5.74) is 6.03. The molecule has 0 radical (unpaired) electrons. The first-order valence-corrected chi connectivity index (χ1v) is 7.30. The quantitative estimate of drug-likeness (QED) is 0.615. The second kappa shape index (κ2) is 6.21. The lowest BCUT2D eigenvalue weighted by Crippen LogP contribution is -2.41. The van der Waals surface area contributed by atoms with E-state index in [-0.39, 0.29) is 11.9 Å². The van der Waals surface area contributed by atoms with Crippen LogP contribution in [-0.2, 0) is 4.79 Å². The molecule has 1 heterocycles. The fourth-order valence-corrected chi connectivity index (χ4v) is 2.98. The highest BCUT2D eigenvalue weighted by molar-refractivity contribution is 5.88. The number of amidine groups is 1. The molecule has 0 aromatic heterocycles.